The molecule has 21 heavy (non-hydrogen) atoms. The highest BCUT2D eigenvalue weighted by Crippen LogP contribution is 2.38. The van der Waals surface area contributed by atoms with Gasteiger partial charge in [-0.3, -0.25) is 5.01 Å². The van der Waals surface area contributed by atoms with Crippen molar-refractivity contribution in [2.75, 3.05) is 14.2 Å². The molecule has 1 fully saturated rings. The van der Waals surface area contributed by atoms with Crippen LogP contribution in [0.5, 0.6) is 0 Å². The number of aryl methyl sites for hydroxylation is 1. The number of ether oxygens (including phenoxy) is 1. The van der Waals surface area contributed by atoms with Gasteiger partial charge in [0.25, 0.3) is 0 Å². The van der Waals surface area contributed by atoms with Crippen LogP contribution in [0.2, 0.25) is 0 Å². The quantitative estimate of drug-likeness (QED) is 0.335. The first-order valence-corrected chi connectivity index (χ1v) is 7.81. The predicted octanol–water partition coefficient (Wildman–Crippen LogP) is 3.10. The molecule has 0 atom stereocenters. The lowest BCUT2D eigenvalue weighted by molar-refractivity contribution is -0.160. The zero-order valence-electron chi connectivity index (χ0n) is 12.3. The first-order valence-electron chi connectivity index (χ1n) is 6.73. The summed E-state index contributed by atoms with van der Waals surface area (Å²) in [7, 11) is 3.10. The van der Waals surface area contributed by atoms with Crippen LogP contribution < -0.4 is 0 Å². The molecule has 0 radical (unpaired) electrons. The third-order valence-corrected chi connectivity index (χ3v) is 5.37. The Hall–Kier alpha value is -1.18. The third-order valence-electron chi connectivity index (χ3n) is 4.04. The molecule has 0 heterocycles. The number of methoxy groups -OCH3 is 1. The highest BCUT2D eigenvalue weighted by Gasteiger charge is 2.49. The van der Waals surface area contributed by atoms with Crippen LogP contribution in [0.1, 0.15) is 30.4 Å². The van der Waals surface area contributed by atoms with Gasteiger partial charge in [0, 0.05) is 12.6 Å². The summed E-state index contributed by atoms with van der Waals surface area (Å²) in [4.78, 5) is 11.9. The molecule has 0 aliphatic heterocycles. The van der Waals surface area contributed by atoms with Crippen molar-refractivity contribution in [2.45, 2.75) is 31.7 Å². The van der Waals surface area contributed by atoms with Crippen molar-refractivity contribution in [3.05, 3.63) is 32.6 Å². The maximum atomic E-state index is 14.1. The zero-order valence-corrected chi connectivity index (χ0v) is 14.5. The zero-order chi connectivity index (χ0) is 15.6. The summed E-state index contributed by atoms with van der Waals surface area (Å²) in [6.07, 6.45) is 3.84. The number of hydrazone groups is 1. The highest BCUT2D eigenvalue weighted by atomic mass is 127. The number of halogens is 2. The largest absolute Gasteiger partial charge is 0.467 e. The van der Waals surface area contributed by atoms with Gasteiger partial charge in [0.2, 0.25) is 0 Å². The van der Waals surface area contributed by atoms with Gasteiger partial charge in [0.05, 0.1) is 16.9 Å². The molecule has 6 heteroatoms. The van der Waals surface area contributed by atoms with E-state index in [9.17, 15) is 9.18 Å². The van der Waals surface area contributed by atoms with E-state index in [2.05, 4.69) is 5.10 Å². The van der Waals surface area contributed by atoms with Crippen LogP contribution in [0.15, 0.2) is 17.2 Å². The molecule has 0 spiro atoms. The lowest BCUT2D eigenvalue weighted by atomic mass is 9.76. The van der Waals surface area contributed by atoms with Gasteiger partial charge in [-0.2, -0.15) is 5.10 Å². The van der Waals surface area contributed by atoms with Crippen molar-refractivity contribution < 1.29 is 13.9 Å². The molecule has 0 aromatic heterocycles. The minimum atomic E-state index is -0.695. The van der Waals surface area contributed by atoms with E-state index in [1.807, 2.05) is 35.6 Å². The first kappa shape index (κ1) is 16.2. The molecule has 114 valence electrons. The molecule has 1 aromatic carbocycles. The maximum Gasteiger partial charge on any atom is 0.333 e. The maximum absolute atomic E-state index is 14.1. The van der Waals surface area contributed by atoms with E-state index in [0.29, 0.717) is 22.0 Å². The Kier molecular flexibility index (Phi) is 4.85. The lowest BCUT2D eigenvalue weighted by Gasteiger charge is -2.44. The van der Waals surface area contributed by atoms with Crippen LogP contribution in [0.25, 0.3) is 0 Å². The Morgan fingerprint density at radius 2 is 2.19 bits per heavy atom. The summed E-state index contributed by atoms with van der Waals surface area (Å²) < 4.78 is 19.6. The van der Waals surface area contributed by atoms with Gasteiger partial charge in [-0.25, -0.2) is 9.18 Å². The normalized spacial score (nSPS) is 16.6. The van der Waals surface area contributed by atoms with Crippen LogP contribution in [-0.2, 0) is 9.53 Å². The Bertz CT molecular complexity index is 585. The first-order chi connectivity index (χ1) is 9.92. The monoisotopic (exact) mass is 404 g/mol. The molecule has 1 aliphatic carbocycles. The average molecular weight is 404 g/mol. The van der Waals surface area contributed by atoms with Crippen molar-refractivity contribution in [3.8, 4) is 0 Å². The molecular formula is C15H18FIN2O2. The molecule has 1 aliphatic rings. The number of carbonyl (C=O) groups excluding carboxylic acids is 1. The molecule has 0 amide bonds. The van der Waals surface area contributed by atoms with Gasteiger partial charge in [0.15, 0.2) is 5.54 Å². The molecular weight excluding hydrogens is 386 g/mol. The third kappa shape index (κ3) is 2.90. The molecule has 0 N–H and O–H groups in total. The SMILES string of the molecule is COC(=O)C1(N(C)/N=C/c2ccc(C)c(I)c2F)CCC1. The van der Waals surface area contributed by atoms with E-state index in [4.69, 9.17) is 4.74 Å². The second-order valence-corrected chi connectivity index (χ2v) is 6.32. The predicted molar refractivity (Wildman–Crippen MR) is 87.8 cm³/mol. The van der Waals surface area contributed by atoms with E-state index < -0.39 is 5.54 Å². The summed E-state index contributed by atoms with van der Waals surface area (Å²) in [5, 5.41) is 5.85. The van der Waals surface area contributed by atoms with Crippen molar-refractivity contribution >= 4 is 34.8 Å². The number of hydrogen-bond acceptors (Lipinski definition) is 4. The van der Waals surface area contributed by atoms with E-state index in [1.54, 1.807) is 18.1 Å². The summed E-state index contributed by atoms with van der Waals surface area (Å²) in [6.45, 7) is 1.86. The number of rotatable bonds is 4. The number of esters is 1. The van der Waals surface area contributed by atoms with Gasteiger partial charge in [-0.1, -0.05) is 12.1 Å². The highest BCUT2D eigenvalue weighted by molar-refractivity contribution is 14.1. The van der Waals surface area contributed by atoms with E-state index >= 15 is 0 Å². The smallest absolute Gasteiger partial charge is 0.333 e. The average Bonchev–Trinajstić information content (AvgIpc) is 2.42. The van der Waals surface area contributed by atoms with Crippen LogP contribution in [0.3, 0.4) is 0 Å². The van der Waals surface area contributed by atoms with Gasteiger partial charge >= 0.3 is 5.97 Å². The summed E-state index contributed by atoms with van der Waals surface area (Å²) in [5.41, 5.74) is 0.611. The number of nitrogens with zero attached hydrogens (tertiary/aromatic N) is 2. The number of carbonyl (C=O) groups is 1. The van der Waals surface area contributed by atoms with E-state index in [-0.39, 0.29) is 11.8 Å². The fourth-order valence-electron chi connectivity index (χ4n) is 2.38. The van der Waals surface area contributed by atoms with Crippen LogP contribution in [0.4, 0.5) is 4.39 Å². The van der Waals surface area contributed by atoms with E-state index in [1.165, 1.54) is 13.3 Å². The van der Waals surface area contributed by atoms with E-state index in [0.717, 1.165) is 12.0 Å². The minimum absolute atomic E-state index is 0.284. The van der Waals surface area contributed by atoms with Crippen LogP contribution in [0, 0.1) is 16.3 Å². The number of likely N-dealkylation sites (N-methyl/N-ethyl adjacent to an activating group) is 1. The van der Waals surface area contributed by atoms with Gasteiger partial charge in [-0.15, -0.1) is 0 Å². The summed E-state index contributed by atoms with van der Waals surface area (Å²) >= 11 is 1.98. The van der Waals surface area contributed by atoms with Crippen molar-refractivity contribution in [3.63, 3.8) is 0 Å². The van der Waals surface area contributed by atoms with Crippen LogP contribution in [-0.4, -0.2) is 36.9 Å². The Balaban J connectivity index is 2.21. The van der Waals surface area contributed by atoms with Gasteiger partial charge < -0.3 is 4.74 Å². The Labute approximate surface area is 137 Å². The fraction of sp³-hybridized carbons (Fsp3) is 0.467. The standard InChI is InChI=1S/C15H18FIN2O2/c1-10-5-6-11(12(16)13(10)17)9-18-19(2)15(7-4-8-15)14(20)21-3/h5-6,9H,4,7-8H2,1-3H3/b18-9+. The molecule has 0 unspecified atom stereocenters. The molecule has 1 saturated carbocycles. The molecule has 4 nitrogen and oxygen atoms in total. The number of hydrogen-bond donors (Lipinski definition) is 0. The molecule has 0 bridgehead atoms. The Morgan fingerprint density at radius 3 is 2.71 bits per heavy atom. The molecule has 2 rings (SSSR count). The topological polar surface area (TPSA) is 41.9 Å². The van der Waals surface area contributed by atoms with Crippen LogP contribution >= 0.6 is 22.6 Å². The molecule has 1 aromatic rings. The lowest BCUT2D eigenvalue weighted by Crippen LogP contribution is -2.56. The second-order valence-electron chi connectivity index (χ2n) is 5.24. The van der Waals surface area contributed by atoms with Crippen molar-refractivity contribution in [1.29, 1.82) is 0 Å². The molecule has 0 saturated heterocycles. The van der Waals surface area contributed by atoms with Gasteiger partial charge in [-0.05, 0) is 54.3 Å². The van der Waals surface area contributed by atoms with Crippen molar-refractivity contribution in [2.24, 2.45) is 5.10 Å². The fourth-order valence-corrected chi connectivity index (χ4v) is 2.87. The minimum Gasteiger partial charge on any atom is -0.467 e. The van der Waals surface area contributed by atoms with Crippen molar-refractivity contribution in [1.82, 2.24) is 5.01 Å². The summed E-state index contributed by atoms with van der Waals surface area (Å²) in [5.74, 6) is -0.569. The Morgan fingerprint density at radius 1 is 1.52 bits per heavy atom. The number of benzene rings is 1. The second kappa shape index (κ2) is 6.29. The van der Waals surface area contributed by atoms with Gasteiger partial charge in [0.1, 0.15) is 5.82 Å². The summed E-state index contributed by atoms with van der Waals surface area (Å²) in [6, 6.07) is 3.54.